The van der Waals surface area contributed by atoms with Crippen LogP contribution in [0.25, 0.3) is 0 Å². The van der Waals surface area contributed by atoms with Crippen molar-refractivity contribution in [2.75, 3.05) is 0 Å². The first-order chi connectivity index (χ1) is 8.24. The first kappa shape index (κ1) is 12.7. The molecule has 1 N–H and O–H groups in total. The molecule has 0 heterocycles. The summed E-state index contributed by atoms with van der Waals surface area (Å²) in [6, 6.07) is 9.33. The quantitative estimate of drug-likeness (QED) is 0.834. The molecule has 0 saturated heterocycles. The maximum atomic E-state index is 5.46. The van der Waals surface area contributed by atoms with Crippen molar-refractivity contribution in [3.63, 3.8) is 0 Å². The molecule has 1 unspecified atom stereocenters. The number of nitrogens with one attached hydrogen (secondary N) is 1. The fourth-order valence-corrected chi connectivity index (χ4v) is 2.99. The summed E-state index contributed by atoms with van der Waals surface area (Å²) >= 11 is 3.62. The smallest absolute Gasteiger partial charge is 0.0686 e. The van der Waals surface area contributed by atoms with Crippen molar-refractivity contribution in [3.8, 4) is 12.3 Å². The molecule has 1 atom stereocenters. The van der Waals surface area contributed by atoms with Crippen LogP contribution in [-0.2, 0) is 0 Å². The van der Waals surface area contributed by atoms with Crippen LogP contribution < -0.4 is 5.32 Å². The van der Waals surface area contributed by atoms with Gasteiger partial charge in [0.15, 0.2) is 0 Å². The molecule has 90 valence electrons. The van der Waals surface area contributed by atoms with E-state index in [4.69, 9.17) is 6.42 Å². The predicted molar refractivity (Wildman–Crippen MR) is 76.0 cm³/mol. The SMILES string of the molecule is C#CC(CC)NC1CC(c2ccccc2Br)C1. The van der Waals surface area contributed by atoms with Gasteiger partial charge < -0.3 is 5.32 Å². The molecule has 0 amide bonds. The van der Waals surface area contributed by atoms with Crippen LogP contribution in [0.15, 0.2) is 28.7 Å². The van der Waals surface area contributed by atoms with Gasteiger partial charge in [0.2, 0.25) is 0 Å². The Morgan fingerprint density at radius 1 is 1.47 bits per heavy atom. The van der Waals surface area contributed by atoms with Gasteiger partial charge in [0.25, 0.3) is 0 Å². The summed E-state index contributed by atoms with van der Waals surface area (Å²) in [4.78, 5) is 0. The van der Waals surface area contributed by atoms with E-state index in [9.17, 15) is 0 Å². The van der Waals surface area contributed by atoms with E-state index in [1.807, 2.05) is 0 Å². The van der Waals surface area contributed by atoms with E-state index in [0.29, 0.717) is 12.0 Å². The maximum Gasteiger partial charge on any atom is 0.0686 e. The van der Waals surface area contributed by atoms with Crippen LogP contribution in [0.2, 0.25) is 0 Å². The number of hydrogen-bond donors (Lipinski definition) is 1. The van der Waals surface area contributed by atoms with Crippen LogP contribution in [0.1, 0.15) is 37.7 Å². The lowest BCUT2D eigenvalue weighted by atomic mass is 9.75. The molecular formula is C15H18BrN. The third-order valence-corrected chi connectivity index (χ3v) is 4.25. The van der Waals surface area contributed by atoms with Crippen molar-refractivity contribution < 1.29 is 0 Å². The molecule has 2 heteroatoms. The summed E-state index contributed by atoms with van der Waals surface area (Å²) in [5.74, 6) is 3.48. The van der Waals surface area contributed by atoms with E-state index >= 15 is 0 Å². The Bertz CT molecular complexity index is 415. The molecule has 1 nitrogen and oxygen atoms in total. The van der Waals surface area contributed by atoms with Crippen molar-refractivity contribution in [2.45, 2.75) is 44.2 Å². The Kier molecular flexibility index (Phi) is 4.25. The molecule has 0 aromatic heterocycles. The van der Waals surface area contributed by atoms with Crippen molar-refractivity contribution >= 4 is 15.9 Å². The molecule has 0 aliphatic heterocycles. The van der Waals surface area contributed by atoms with Crippen LogP contribution in [0.4, 0.5) is 0 Å². The van der Waals surface area contributed by atoms with Gasteiger partial charge >= 0.3 is 0 Å². The van der Waals surface area contributed by atoms with E-state index in [-0.39, 0.29) is 6.04 Å². The molecular weight excluding hydrogens is 274 g/mol. The second kappa shape index (κ2) is 5.71. The number of terminal acetylenes is 1. The van der Waals surface area contributed by atoms with Crippen molar-refractivity contribution in [1.82, 2.24) is 5.32 Å². The Morgan fingerprint density at radius 3 is 2.76 bits per heavy atom. The summed E-state index contributed by atoms with van der Waals surface area (Å²) in [6.07, 6.45) is 8.86. The van der Waals surface area contributed by atoms with Gasteiger partial charge in [-0.3, -0.25) is 0 Å². The summed E-state index contributed by atoms with van der Waals surface area (Å²) in [7, 11) is 0. The van der Waals surface area contributed by atoms with Crippen LogP contribution in [0.3, 0.4) is 0 Å². The highest BCUT2D eigenvalue weighted by molar-refractivity contribution is 9.10. The van der Waals surface area contributed by atoms with Crippen molar-refractivity contribution in [1.29, 1.82) is 0 Å². The van der Waals surface area contributed by atoms with Crippen molar-refractivity contribution in [2.24, 2.45) is 0 Å². The average molecular weight is 292 g/mol. The number of hydrogen-bond acceptors (Lipinski definition) is 1. The lowest BCUT2D eigenvalue weighted by molar-refractivity contribution is 0.277. The Balaban J connectivity index is 1.87. The number of halogens is 1. The van der Waals surface area contributed by atoms with E-state index in [1.165, 1.54) is 22.9 Å². The van der Waals surface area contributed by atoms with Crippen LogP contribution in [-0.4, -0.2) is 12.1 Å². The third kappa shape index (κ3) is 2.91. The Morgan fingerprint density at radius 2 is 2.18 bits per heavy atom. The fourth-order valence-electron chi connectivity index (χ4n) is 2.38. The van der Waals surface area contributed by atoms with Gasteiger partial charge in [0.1, 0.15) is 0 Å². The molecule has 1 aliphatic carbocycles. The topological polar surface area (TPSA) is 12.0 Å². The molecule has 1 saturated carbocycles. The van der Waals surface area contributed by atoms with Gasteiger partial charge in [-0.2, -0.15) is 0 Å². The van der Waals surface area contributed by atoms with Gasteiger partial charge in [-0.15, -0.1) is 6.42 Å². The Hall–Kier alpha value is -0.780. The van der Waals surface area contributed by atoms with Crippen molar-refractivity contribution in [3.05, 3.63) is 34.3 Å². The summed E-state index contributed by atoms with van der Waals surface area (Å²) in [5.41, 5.74) is 1.43. The third-order valence-electron chi connectivity index (χ3n) is 3.53. The van der Waals surface area contributed by atoms with Gasteiger partial charge in [-0.25, -0.2) is 0 Å². The Labute approximate surface area is 112 Å². The zero-order valence-electron chi connectivity index (χ0n) is 10.1. The highest BCUT2D eigenvalue weighted by Crippen LogP contribution is 2.40. The standard InChI is InChI=1S/C15H18BrN/c1-3-12(4-2)17-13-9-11(10-13)14-7-5-6-8-15(14)16/h1,5-8,11-13,17H,4,9-10H2,2H3. The van der Waals surface area contributed by atoms with Gasteiger partial charge in [0, 0.05) is 10.5 Å². The first-order valence-corrected chi connectivity index (χ1v) is 7.00. The lowest BCUT2D eigenvalue weighted by Gasteiger charge is -2.38. The van der Waals surface area contributed by atoms with Gasteiger partial charge in [0.05, 0.1) is 6.04 Å². The minimum Gasteiger partial charge on any atom is -0.301 e. The summed E-state index contributed by atoms with van der Waals surface area (Å²) in [5, 5.41) is 3.52. The first-order valence-electron chi connectivity index (χ1n) is 6.21. The highest BCUT2D eigenvalue weighted by atomic mass is 79.9. The lowest BCUT2D eigenvalue weighted by Crippen LogP contribution is -2.44. The summed E-state index contributed by atoms with van der Waals surface area (Å²) in [6.45, 7) is 2.13. The normalized spacial score (nSPS) is 24.8. The van der Waals surface area contributed by atoms with Gasteiger partial charge in [-0.1, -0.05) is 47.0 Å². The van der Waals surface area contributed by atoms with E-state index in [2.05, 4.69) is 58.4 Å². The number of benzene rings is 1. The largest absolute Gasteiger partial charge is 0.301 e. The second-order valence-electron chi connectivity index (χ2n) is 4.68. The minimum atomic E-state index is 0.236. The van der Waals surface area contributed by atoms with Crippen LogP contribution in [0.5, 0.6) is 0 Å². The van der Waals surface area contributed by atoms with E-state index in [0.717, 1.165) is 6.42 Å². The monoisotopic (exact) mass is 291 g/mol. The predicted octanol–water partition coefficient (Wildman–Crippen LogP) is 3.70. The average Bonchev–Trinajstić information content (AvgIpc) is 2.30. The molecule has 2 rings (SSSR count). The van der Waals surface area contributed by atoms with Gasteiger partial charge in [-0.05, 0) is 36.8 Å². The molecule has 1 aliphatic rings. The van der Waals surface area contributed by atoms with E-state index < -0.39 is 0 Å². The zero-order chi connectivity index (χ0) is 12.3. The molecule has 1 aromatic rings. The molecule has 0 radical (unpaired) electrons. The molecule has 1 fully saturated rings. The highest BCUT2D eigenvalue weighted by Gasteiger charge is 2.31. The fraction of sp³-hybridized carbons (Fsp3) is 0.467. The molecule has 0 spiro atoms. The zero-order valence-corrected chi connectivity index (χ0v) is 11.7. The molecule has 0 bridgehead atoms. The minimum absolute atomic E-state index is 0.236. The maximum absolute atomic E-state index is 5.46. The second-order valence-corrected chi connectivity index (χ2v) is 5.54. The van der Waals surface area contributed by atoms with Crippen LogP contribution in [0, 0.1) is 12.3 Å². The molecule has 1 aromatic carbocycles. The number of rotatable bonds is 4. The molecule has 17 heavy (non-hydrogen) atoms. The summed E-state index contributed by atoms with van der Waals surface area (Å²) < 4.78 is 1.23. The van der Waals surface area contributed by atoms with Crippen LogP contribution >= 0.6 is 15.9 Å². The van der Waals surface area contributed by atoms with E-state index in [1.54, 1.807) is 0 Å².